The first-order valence-corrected chi connectivity index (χ1v) is 9.11. The number of carbonyl (C=O) groups excluding carboxylic acids is 2. The van der Waals surface area contributed by atoms with E-state index in [1.165, 1.54) is 7.11 Å². The van der Waals surface area contributed by atoms with E-state index in [1.54, 1.807) is 30.3 Å². The van der Waals surface area contributed by atoms with Crippen LogP contribution in [0.15, 0.2) is 84.9 Å². The minimum Gasteiger partial charge on any atom is -0.465 e. The van der Waals surface area contributed by atoms with Crippen LogP contribution in [0.2, 0.25) is 0 Å². The second-order valence-corrected chi connectivity index (χ2v) is 6.43. The number of methoxy groups -OCH3 is 1. The summed E-state index contributed by atoms with van der Waals surface area (Å²) in [7, 11) is 1.31. The number of carbonyl (C=O) groups is 2. The fraction of sp³-hybridized carbons (Fsp3) is 0.0417. The summed E-state index contributed by atoms with van der Waals surface area (Å²) < 4.78 is 4.81. The van der Waals surface area contributed by atoms with E-state index in [2.05, 4.69) is 5.32 Å². The maximum absolute atomic E-state index is 13.2. The van der Waals surface area contributed by atoms with Crippen molar-refractivity contribution in [1.29, 1.82) is 0 Å². The zero-order valence-corrected chi connectivity index (χ0v) is 15.8. The Morgan fingerprint density at radius 2 is 1.52 bits per heavy atom. The molecule has 0 bridgehead atoms. The van der Waals surface area contributed by atoms with Crippen molar-refractivity contribution in [3.63, 3.8) is 0 Å². The molecule has 5 heteroatoms. The molecule has 1 heterocycles. The summed E-state index contributed by atoms with van der Waals surface area (Å²) >= 11 is 0. The van der Waals surface area contributed by atoms with Gasteiger partial charge in [0.05, 0.1) is 35.1 Å². The Hall–Kier alpha value is -3.99. The zero-order chi connectivity index (χ0) is 20.2. The number of ether oxygens (including phenoxy) is 1. The number of amides is 1. The molecule has 0 unspecified atom stereocenters. The number of anilines is 1. The Kier molecular flexibility index (Phi) is 5.03. The van der Waals surface area contributed by atoms with Gasteiger partial charge in [-0.25, -0.2) is 9.78 Å². The van der Waals surface area contributed by atoms with Crippen molar-refractivity contribution in [2.75, 3.05) is 12.4 Å². The first kappa shape index (κ1) is 18.4. The molecule has 0 radical (unpaired) electrons. The summed E-state index contributed by atoms with van der Waals surface area (Å²) in [6, 6.07) is 25.7. The Bertz CT molecular complexity index is 1200. The number of esters is 1. The van der Waals surface area contributed by atoms with E-state index in [0.29, 0.717) is 22.5 Å². The Morgan fingerprint density at radius 3 is 2.31 bits per heavy atom. The summed E-state index contributed by atoms with van der Waals surface area (Å²) in [6.07, 6.45) is 0. The lowest BCUT2D eigenvalue weighted by Gasteiger charge is -2.12. The molecule has 1 aromatic heterocycles. The lowest BCUT2D eigenvalue weighted by atomic mass is 10.0. The second kappa shape index (κ2) is 7.94. The quantitative estimate of drug-likeness (QED) is 0.508. The van der Waals surface area contributed by atoms with Crippen LogP contribution in [0, 0.1) is 0 Å². The lowest BCUT2D eigenvalue weighted by molar-refractivity contribution is 0.0602. The minimum absolute atomic E-state index is 0.296. The van der Waals surface area contributed by atoms with Crippen molar-refractivity contribution in [3.05, 3.63) is 96.1 Å². The average molecular weight is 382 g/mol. The largest absolute Gasteiger partial charge is 0.465 e. The number of hydrogen-bond acceptors (Lipinski definition) is 4. The molecule has 0 aliphatic heterocycles. The van der Waals surface area contributed by atoms with Gasteiger partial charge in [-0.2, -0.15) is 0 Å². The number of rotatable bonds is 4. The van der Waals surface area contributed by atoms with Gasteiger partial charge in [-0.15, -0.1) is 0 Å². The molecule has 0 spiro atoms. The van der Waals surface area contributed by atoms with E-state index in [4.69, 9.17) is 9.72 Å². The number of hydrogen-bond donors (Lipinski definition) is 1. The third-order valence-corrected chi connectivity index (χ3v) is 4.61. The molecule has 0 fully saturated rings. The number of benzene rings is 3. The fourth-order valence-electron chi connectivity index (χ4n) is 3.19. The third-order valence-electron chi connectivity index (χ3n) is 4.61. The van der Waals surface area contributed by atoms with E-state index in [9.17, 15) is 9.59 Å². The van der Waals surface area contributed by atoms with Crippen molar-refractivity contribution < 1.29 is 14.3 Å². The number of pyridine rings is 1. The van der Waals surface area contributed by atoms with Crippen LogP contribution >= 0.6 is 0 Å². The molecule has 4 aromatic rings. The Morgan fingerprint density at radius 1 is 0.828 bits per heavy atom. The van der Waals surface area contributed by atoms with Crippen molar-refractivity contribution in [3.8, 4) is 11.3 Å². The van der Waals surface area contributed by atoms with Crippen LogP contribution in [-0.4, -0.2) is 24.0 Å². The van der Waals surface area contributed by atoms with Crippen LogP contribution in [0.4, 0.5) is 5.69 Å². The molecular formula is C24H18N2O3. The maximum atomic E-state index is 13.2. The van der Waals surface area contributed by atoms with Gasteiger partial charge in [0, 0.05) is 10.9 Å². The van der Waals surface area contributed by atoms with Gasteiger partial charge < -0.3 is 10.1 Å². The number of fused-ring (bicyclic) bond motifs is 1. The maximum Gasteiger partial charge on any atom is 0.339 e. The molecule has 1 amide bonds. The van der Waals surface area contributed by atoms with Gasteiger partial charge in [-0.3, -0.25) is 4.79 Å². The standard InChI is InChI=1S/C24H18N2O3/c1-29-24(28)18-12-6-8-14-21(18)26-23(27)19-15-22(16-9-3-2-4-10-16)25-20-13-7-5-11-17(19)20/h2-15H,1H3,(H,26,27). The SMILES string of the molecule is COC(=O)c1ccccc1NC(=O)c1cc(-c2ccccc2)nc2ccccc12. The highest BCUT2D eigenvalue weighted by atomic mass is 16.5. The summed E-state index contributed by atoms with van der Waals surface area (Å²) in [4.78, 5) is 29.9. The fourth-order valence-corrected chi connectivity index (χ4v) is 3.19. The summed E-state index contributed by atoms with van der Waals surface area (Å²) in [5.41, 5.74) is 3.52. The second-order valence-electron chi connectivity index (χ2n) is 6.43. The molecule has 29 heavy (non-hydrogen) atoms. The predicted molar refractivity (Wildman–Crippen MR) is 113 cm³/mol. The van der Waals surface area contributed by atoms with Gasteiger partial charge in [0.2, 0.25) is 0 Å². The highest BCUT2D eigenvalue weighted by Crippen LogP contribution is 2.26. The molecule has 0 atom stereocenters. The van der Waals surface area contributed by atoms with Gasteiger partial charge in [-0.1, -0.05) is 60.7 Å². The van der Waals surface area contributed by atoms with E-state index < -0.39 is 5.97 Å². The van der Waals surface area contributed by atoms with Crippen LogP contribution in [0.3, 0.4) is 0 Å². The van der Waals surface area contributed by atoms with Crippen LogP contribution in [0.25, 0.3) is 22.2 Å². The predicted octanol–water partition coefficient (Wildman–Crippen LogP) is 4.94. The van der Waals surface area contributed by atoms with Crippen LogP contribution in [0.1, 0.15) is 20.7 Å². The van der Waals surface area contributed by atoms with E-state index in [-0.39, 0.29) is 5.91 Å². The molecule has 5 nitrogen and oxygen atoms in total. The van der Waals surface area contributed by atoms with Gasteiger partial charge in [-0.05, 0) is 24.3 Å². The zero-order valence-electron chi connectivity index (χ0n) is 15.8. The van der Waals surface area contributed by atoms with E-state index in [1.807, 2.05) is 54.6 Å². The van der Waals surface area contributed by atoms with Crippen molar-refractivity contribution in [2.24, 2.45) is 0 Å². The first-order chi connectivity index (χ1) is 14.2. The van der Waals surface area contributed by atoms with Gasteiger partial charge in [0.15, 0.2) is 0 Å². The molecule has 3 aromatic carbocycles. The highest BCUT2D eigenvalue weighted by molar-refractivity contribution is 6.14. The van der Waals surface area contributed by atoms with Crippen molar-refractivity contribution in [1.82, 2.24) is 4.98 Å². The lowest BCUT2D eigenvalue weighted by Crippen LogP contribution is -2.16. The van der Waals surface area contributed by atoms with Crippen LogP contribution in [-0.2, 0) is 4.74 Å². The summed E-state index contributed by atoms with van der Waals surface area (Å²) in [5.74, 6) is -0.831. The molecule has 0 saturated heterocycles. The van der Waals surface area contributed by atoms with Crippen molar-refractivity contribution >= 4 is 28.5 Å². The third kappa shape index (κ3) is 3.71. The highest BCUT2D eigenvalue weighted by Gasteiger charge is 2.17. The van der Waals surface area contributed by atoms with E-state index >= 15 is 0 Å². The Labute approximate surface area is 168 Å². The number of para-hydroxylation sites is 2. The van der Waals surface area contributed by atoms with Gasteiger partial charge in [0.1, 0.15) is 0 Å². The number of nitrogens with one attached hydrogen (secondary N) is 1. The average Bonchev–Trinajstić information content (AvgIpc) is 2.78. The topological polar surface area (TPSA) is 68.3 Å². The minimum atomic E-state index is -0.509. The molecule has 142 valence electrons. The molecule has 0 saturated carbocycles. The molecular weight excluding hydrogens is 364 g/mol. The summed E-state index contributed by atoms with van der Waals surface area (Å²) in [5, 5.41) is 3.58. The van der Waals surface area contributed by atoms with Gasteiger partial charge >= 0.3 is 5.97 Å². The monoisotopic (exact) mass is 382 g/mol. The van der Waals surface area contributed by atoms with Crippen LogP contribution < -0.4 is 5.32 Å². The molecule has 4 rings (SSSR count). The summed E-state index contributed by atoms with van der Waals surface area (Å²) in [6.45, 7) is 0. The first-order valence-electron chi connectivity index (χ1n) is 9.11. The molecule has 1 N–H and O–H groups in total. The molecule has 0 aliphatic rings. The normalized spacial score (nSPS) is 10.5. The molecule has 0 aliphatic carbocycles. The number of nitrogens with zero attached hydrogens (tertiary/aromatic N) is 1. The smallest absolute Gasteiger partial charge is 0.339 e. The number of aromatic nitrogens is 1. The Balaban J connectivity index is 1.80. The van der Waals surface area contributed by atoms with Crippen molar-refractivity contribution in [2.45, 2.75) is 0 Å². The van der Waals surface area contributed by atoms with Crippen LogP contribution in [0.5, 0.6) is 0 Å². The van der Waals surface area contributed by atoms with E-state index in [0.717, 1.165) is 16.5 Å². The van der Waals surface area contributed by atoms with Gasteiger partial charge in [0.25, 0.3) is 5.91 Å².